The lowest BCUT2D eigenvalue weighted by Crippen LogP contribution is -1.96. The van der Waals surface area contributed by atoms with Gasteiger partial charge in [-0.25, -0.2) is 0 Å². The van der Waals surface area contributed by atoms with Gasteiger partial charge in [0.2, 0.25) is 0 Å². The van der Waals surface area contributed by atoms with Gasteiger partial charge in [0.25, 0.3) is 0 Å². The van der Waals surface area contributed by atoms with E-state index in [4.69, 9.17) is 11.6 Å². The monoisotopic (exact) mass is 210 g/mol. The van der Waals surface area contributed by atoms with Gasteiger partial charge in [-0.2, -0.15) is 0 Å². The number of alkyl halides is 1. The lowest BCUT2D eigenvalue weighted by molar-refractivity contribution is 0.732. The summed E-state index contributed by atoms with van der Waals surface area (Å²) >= 11 is 5.93. The third-order valence-corrected chi connectivity index (χ3v) is 3.22. The zero-order valence-electron chi connectivity index (χ0n) is 9.31. The van der Waals surface area contributed by atoms with E-state index in [1.54, 1.807) is 0 Å². The Bertz CT molecular complexity index is 291. The molecule has 0 bridgehead atoms. The predicted molar refractivity (Wildman–Crippen MR) is 64.1 cm³/mol. The summed E-state index contributed by atoms with van der Waals surface area (Å²) in [7, 11) is 0. The van der Waals surface area contributed by atoms with Crippen molar-refractivity contribution < 1.29 is 0 Å². The highest BCUT2D eigenvalue weighted by molar-refractivity contribution is 6.17. The quantitative estimate of drug-likeness (QED) is 0.642. The first-order chi connectivity index (χ1) is 6.72. The molecule has 0 fully saturated rings. The smallest absolute Gasteiger partial charge is 0.0476 e. The molecular formula is C13H19Cl. The Kier molecular flexibility index (Phi) is 4.47. The van der Waals surface area contributed by atoms with Gasteiger partial charge < -0.3 is 0 Å². The highest BCUT2D eigenvalue weighted by Gasteiger charge is 2.06. The van der Waals surface area contributed by atoms with Crippen molar-refractivity contribution in [2.45, 2.75) is 45.4 Å². The molecule has 0 nitrogen and oxygen atoms in total. The van der Waals surface area contributed by atoms with Crippen LogP contribution in [0.3, 0.4) is 0 Å². The van der Waals surface area contributed by atoms with Gasteiger partial charge in [-0.05, 0) is 35.4 Å². The van der Waals surface area contributed by atoms with Crippen LogP contribution in [-0.2, 0) is 12.3 Å². The zero-order valence-corrected chi connectivity index (χ0v) is 10.1. The van der Waals surface area contributed by atoms with Crippen LogP contribution in [0.25, 0.3) is 0 Å². The molecule has 1 atom stereocenters. The van der Waals surface area contributed by atoms with Crippen molar-refractivity contribution >= 4 is 11.6 Å². The summed E-state index contributed by atoms with van der Waals surface area (Å²) in [6.45, 7) is 6.66. The lowest BCUT2D eigenvalue weighted by Gasteiger charge is -2.12. The topological polar surface area (TPSA) is 0 Å². The fourth-order valence-electron chi connectivity index (χ4n) is 1.66. The summed E-state index contributed by atoms with van der Waals surface area (Å²) in [5.74, 6) is 1.27. The molecule has 0 aromatic heterocycles. The van der Waals surface area contributed by atoms with E-state index in [1.165, 1.54) is 23.1 Å². The maximum absolute atomic E-state index is 5.93. The van der Waals surface area contributed by atoms with E-state index in [0.717, 1.165) is 6.42 Å². The van der Waals surface area contributed by atoms with Crippen LogP contribution in [0.5, 0.6) is 0 Å². The van der Waals surface area contributed by atoms with Crippen molar-refractivity contribution in [3.63, 3.8) is 0 Å². The van der Waals surface area contributed by atoms with Gasteiger partial charge in [-0.1, -0.05) is 39.0 Å². The molecule has 1 heteroatoms. The third kappa shape index (κ3) is 2.51. The summed E-state index contributed by atoms with van der Waals surface area (Å²) in [6, 6.07) is 6.72. The van der Waals surface area contributed by atoms with E-state index in [9.17, 15) is 0 Å². The Balaban J connectivity index is 3.01. The minimum Gasteiger partial charge on any atom is -0.122 e. The molecule has 0 spiro atoms. The molecule has 0 heterocycles. The molecule has 0 radical (unpaired) electrons. The maximum Gasteiger partial charge on any atom is 0.0476 e. The molecule has 78 valence electrons. The van der Waals surface area contributed by atoms with Crippen LogP contribution in [0.1, 0.15) is 49.8 Å². The summed E-state index contributed by atoms with van der Waals surface area (Å²) < 4.78 is 0. The highest BCUT2D eigenvalue weighted by Crippen LogP contribution is 2.23. The minimum atomic E-state index is 0.632. The second-order valence-corrected chi connectivity index (χ2v) is 4.09. The van der Waals surface area contributed by atoms with Crippen molar-refractivity contribution in [2.24, 2.45) is 0 Å². The molecule has 0 amide bonds. The van der Waals surface area contributed by atoms with Crippen LogP contribution in [0.2, 0.25) is 0 Å². The Hall–Kier alpha value is -0.490. The van der Waals surface area contributed by atoms with Crippen molar-refractivity contribution in [3.05, 3.63) is 34.9 Å². The van der Waals surface area contributed by atoms with Crippen molar-refractivity contribution in [1.29, 1.82) is 0 Å². The normalized spacial score (nSPS) is 12.9. The molecular weight excluding hydrogens is 192 g/mol. The van der Waals surface area contributed by atoms with Gasteiger partial charge >= 0.3 is 0 Å². The van der Waals surface area contributed by atoms with Gasteiger partial charge in [-0.15, -0.1) is 11.6 Å². The van der Waals surface area contributed by atoms with Crippen LogP contribution in [-0.4, -0.2) is 0 Å². The van der Waals surface area contributed by atoms with Crippen LogP contribution >= 0.6 is 11.6 Å². The molecule has 14 heavy (non-hydrogen) atoms. The average molecular weight is 211 g/mol. The number of hydrogen-bond acceptors (Lipinski definition) is 0. The molecule has 1 unspecified atom stereocenters. The lowest BCUT2D eigenvalue weighted by atomic mass is 9.94. The average Bonchev–Trinajstić information content (AvgIpc) is 2.26. The number of aryl methyl sites for hydroxylation is 1. The maximum atomic E-state index is 5.93. The Morgan fingerprint density at radius 1 is 1.21 bits per heavy atom. The molecule has 0 aliphatic heterocycles. The number of hydrogen-bond donors (Lipinski definition) is 0. The van der Waals surface area contributed by atoms with E-state index >= 15 is 0 Å². The number of rotatable bonds is 4. The summed E-state index contributed by atoms with van der Waals surface area (Å²) in [6.07, 6.45) is 2.26. The Labute approximate surface area is 92.3 Å². The third-order valence-electron chi connectivity index (χ3n) is 2.94. The second-order valence-electron chi connectivity index (χ2n) is 3.82. The first-order valence-electron chi connectivity index (χ1n) is 5.40. The van der Waals surface area contributed by atoms with E-state index in [2.05, 4.69) is 39.0 Å². The van der Waals surface area contributed by atoms with E-state index in [-0.39, 0.29) is 0 Å². The van der Waals surface area contributed by atoms with Gasteiger partial charge in [0.1, 0.15) is 0 Å². The van der Waals surface area contributed by atoms with Crippen LogP contribution in [0.15, 0.2) is 18.2 Å². The zero-order chi connectivity index (χ0) is 10.6. The largest absolute Gasteiger partial charge is 0.122 e. The fraction of sp³-hybridized carbons (Fsp3) is 0.538. The highest BCUT2D eigenvalue weighted by atomic mass is 35.5. The molecule has 1 rings (SSSR count). The van der Waals surface area contributed by atoms with E-state index in [1.807, 2.05) is 0 Å². The second kappa shape index (κ2) is 5.41. The number of halogens is 1. The Morgan fingerprint density at radius 2 is 1.93 bits per heavy atom. The van der Waals surface area contributed by atoms with Crippen LogP contribution in [0, 0.1) is 0 Å². The van der Waals surface area contributed by atoms with Crippen LogP contribution < -0.4 is 0 Å². The van der Waals surface area contributed by atoms with Gasteiger partial charge in [0, 0.05) is 5.88 Å². The van der Waals surface area contributed by atoms with E-state index in [0.29, 0.717) is 11.8 Å². The Morgan fingerprint density at radius 3 is 2.43 bits per heavy atom. The van der Waals surface area contributed by atoms with Gasteiger partial charge in [0.15, 0.2) is 0 Å². The molecule has 0 aliphatic rings. The molecule has 1 aromatic rings. The van der Waals surface area contributed by atoms with Crippen molar-refractivity contribution in [2.75, 3.05) is 0 Å². The summed E-state index contributed by atoms with van der Waals surface area (Å²) in [5, 5.41) is 0. The summed E-state index contributed by atoms with van der Waals surface area (Å²) in [5.41, 5.74) is 4.10. The standard InChI is InChI=1S/C13H19Cl/c1-4-10(3)12-7-6-11(5-2)13(8-12)9-14/h6-8,10H,4-5,9H2,1-3H3. The molecule has 0 saturated carbocycles. The van der Waals surface area contributed by atoms with E-state index < -0.39 is 0 Å². The minimum absolute atomic E-state index is 0.632. The van der Waals surface area contributed by atoms with Crippen molar-refractivity contribution in [3.8, 4) is 0 Å². The summed E-state index contributed by atoms with van der Waals surface area (Å²) in [4.78, 5) is 0. The van der Waals surface area contributed by atoms with Crippen molar-refractivity contribution in [1.82, 2.24) is 0 Å². The fourth-order valence-corrected chi connectivity index (χ4v) is 1.91. The molecule has 0 aliphatic carbocycles. The van der Waals surface area contributed by atoms with Gasteiger partial charge in [-0.3, -0.25) is 0 Å². The van der Waals surface area contributed by atoms with Crippen LogP contribution in [0.4, 0.5) is 0 Å². The SMILES string of the molecule is CCc1ccc(C(C)CC)cc1CCl. The first-order valence-corrected chi connectivity index (χ1v) is 5.94. The van der Waals surface area contributed by atoms with Gasteiger partial charge in [0.05, 0.1) is 0 Å². The first kappa shape index (κ1) is 11.6. The predicted octanol–water partition coefficient (Wildman–Crippen LogP) is 4.50. The number of benzene rings is 1. The molecule has 0 saturated heterocycles. The molecule has 0 N–H and O–H groups in total. The molecule has 1 aromatic carbocycles.